The highest BCUT2D eigenvalue weighted by molar-refractivity contribution is 5.86. The van der Waals surface area contributed by atoms with Crippen molar-refractivity contribution in [1.82, 2.24) is 5.32 Å². The van der Waals surface area contributed by atoms with Gasteiger partial charge in [0.1, 0.15) is 0 Å². The summed E-state index contributed by atoms with van der Waals surface area (Å²) < 4.78 is 0. The molecule has 0 saturated heterocycles. The molecule has 1 amide bonds. The van der Waals surface area contributed by atoms with E-state index in [0.29, 0.717) is 5.92 Å². The average molecular weight is 167 g/mol. The van der Waals surface area contributed by atoms with Crippen LogP contribution in [-0.4, -0.2) is 12.5 Å². The van der Waals surface area contributed by atoms with E-state index < -0.39 is 0 Å². The third kappa shape index (κ3) is 2.68. The second-order valence-electron chi connectivity index (χ2n) is 3.73. The summed E-state index contributed by atoms with van der Waals surface area (Å²) >= 11 is 0. The number of amides is 1. The summed E-state index contributed by atoms with van der Waals surface area (Å²) in [5.74, 6) is 1.49. The first-order chi connectivity index (χ1) is 5.72. The molecule has 1 aliphatic carbocycles. The molecule has 0 spiro atoms. The van der Waals surface area contributed by atoms with Gasteiger partial charge in [0.2, 0.25) is 5.91 Å². The molecule has 2 nitrogen and oxygen atoms in total. The highest BCUT2D eigenvalue weighted by Crippen LogP contribution is 2.29. The molecule has 0 aromatic rings. The molecule has 0 bridgehead atoms. The summed E-state index contributed by atoms with van der Waals surface area (Å²) in [4.78, 5) is 10.8. The number of carbonyl (C=O) groups excluding carboxylic acids is 1. The van der Waals surface area contributed by atoms with Crippen LogP contribution in [0.2, 0.25) is 0 Å². The minimum absolute atomic E-state index is 0.0467. The zero-order chi connectivity index (χ0) is 8.97. The van der Waals surface area contributed by atoms with Crippen molar-refractivity contribution in [2.24, 2.45) is 11.8 Å². The van der Waals surface area contributed by atoms with E-state index in [1.807, 2.05) is 0 Å². The lowest BCUT2D eigenvalue weighted by atomic mass is 10.1. The highest BCUT2D eigenvalue weighted by atomic mass is 16.1. The van der Waals surface area contributed by atoms with Crippen LogP contribution in [0, 0.1) is 11.8 Å². The van der Waals surface area contributed by atoms with Crippen molar-refractivity contribution < 1.29 is 4.79 Å². The Labute approximate surface area is 74.0 Å². The molecule has 0 aliphatic heterocycles. The quantitative estimate of drug-likeness (QED) is 0.637. The highest BCUT2D eigenvalue weighted by Gasteiger charge is 2.20. The molecule has 2 heteroatoms. The first-order valence-electron chi connectivity index (χ1n) is 4.62. The zero-order valence-electron chi connectivity index (χ0n) is 7.68. The van der Waals surface area contributed by atoms with Crippen LogP contribution in [0.4, 0.5) is 0 Å². The predicted molar refractivity (Wildman–Crippen MR) is 49.7 cm³/mol. The van der Waals surface area contributed by atoms with E-state index in [4.69, 9.17) is 0 Å². The third-order valence-electron chi connectivity index (χ3n) is 2.55. The van der Waals surface area contributed by atoms with Crippen LogP contribution in [0.3, 0.4) is 0 Å². The van der Waals surface area contributed by atoms with E-state index in [0.717, 1.165) is 12.5 Å². The van der Waals surface area contributed by atoms with Crippen LogP contribution in [0.15, 0.2) is 12.7 Å². The van der Waals surface area contributed by atoms with Crippen LogP contribution >= 0.6 is 0 Å². The Bertz CT molecular complexity index is 177. The Morgan fingerprint density at radius 3 is 2.92 bits per heavy atom. The predicted octanol–water partition coefficient (Wildman–Crippen LogP) is 1.72. The number of hydrogen-bond donors (Lipinski definition) is 1. The standard InChI is InChI=1S/C10H17NO/c1-3-10(12)11-7-9-5-4-8(2)6-9/h3,8-9H,1,4-7H2,2H3,(H,11,12). The molecule has 2 unspecified atom stereocenters. The van der Waals surface area contributed by atoms with Gasteiger partial charge in [0.25, 0.3) is 0 Å². The lowest BCUT2D eigenvalue weighted by Gasteiger charge is -2.09. The minimum Gasteiger partial charge on any atom is -0.352 e. The molecule has 12 heavy (non-hydrogen) atoms. The largest absolute Gasteiger partial charge is 0.352 e. The van der Waals surface area contributed by atoms with E-state index in [9.17, 15) is 4.79 Å². The fourth-order valence-electron chi connectivity index (χ4n) is 1.83. The van der Waals surface area contributed by atoms with Crippen LogP contribution in [0.25, 0.3) is 0 Å². The van der Waals surface area contributed by atoms with Crippen LogP contribution in [0.1, 0.15) is 26.2 Å². The fraction of sp³-hybridized carbons (Fsp3) is 0.700. The van der Waals surface area contributed by atoms with Crippen molar-refractivity contribution >= 4 is 5.91 Å². The summed E-state index contributed by atoms with van der Waals surface area (Å²) in [5.41, 5.74) is 0. The molecule has 0 aromatic carbocycles. The van der Waals surface area contributed by atoms with Crippen LogP contribution in [0.5, 0.6) is 0 Å². The second kappa shape index (κ2) is 4.29. The van der Waals surface area contributed by atoms with Crippen molar-refractivity contribution in [3.8, 4) is 0 Å². The van der Waals surface area contributed by atoms with E-state index >= 15 is 0 Å². The summed E-state index contributed by atoms with van der Waals surface area (Å²) in [6.07, 6.45) is 5.17. The Balaban J connectivity index is 2.15. The normalized spacial score (nSPS) is 28.4. The van der Waals surface area contributed by atoms with Gasteiger partial charge in [-0.1, -0.05) is 19.9 Å². The lowest BCUT2D eigenvalue weighted by Crippen LogP contribution is -2.26. The summed E-state index contributed by atoms with van der Waals surface area (Å²) in [7, 11) is 0. The monoisotopic (exact) mass is 167 g/mol. The molecule has 1 fully saturated rings. The van der Waals surface area contributed by atoms with Crippen molar-refractivity contribution in [2.45, 2.75) is 26.2 Å². The summed E-state index contributed by atoms with van der Waals surface area (Å²) in [6, 6.07) is 0. The van der Waals surface area contributed by atoms with Crippen LogP contribution in [-0.2, 0) is 4.79 Å². The van der Waals surface area contributed by atoms with Gasteiger partial charge in [0, 0.05) is 6.54 Å². The van der Waals surface area contributed by atoms with Gasteiger partial charge in [-0.15, -0.1) is 0 Å². The number of hydrogen-bond acceptors (Lipinski definition) is 1. The maximum atomic E-state index is 10.8. The van der Waals surface area contributed by atoms with Gasteiger partial charge in [-0.25, -0.2) is 0 Å². The Hall–Kier alpha value is -0.790. The van der Waals surface area contributed by atoms with Crippen molar-refractivity contribution in [3.05, 3.63) is 12.7 Å². The third-order valence-corrected chi connectivity index (χ3v) is 2.55. The summed E-state index contributed by atoms with van der Waals surface area (Å²) in [6.45, 7) is 6.51. The zero-order valence-corrected chi connectivity index (χ0v) is 7.68. The van der Waals surface area contributed by atoms with Gasteiger partial charge in [-0.3, -0.25) is 4.79 Å². The first kappa shape index (κ1) is 9.30. The smallest absolute Gasteiger partial charge is 0.243 e. The number of nitrogens with one attached hydrogen (secondary N) is 1. The Morgan fingerprint density at radius 1 is 1.67 bits per heavy atom. The maximum absolute atomic E-state index is 10.8. The van der Waals surface area contributed by atoms with Crippen molar-refractivity contribution in [1.29, 1.82) is 0 Å². The van der Waals surface area contributed by atoms with Crippen molar-refractivity contribution in [3.63, 3.8) is 0 Å². The SMILES string of the molecule is C=CC(=O)NCC1CCC(C)C1. The topological polar surface area (TPSA) is 29.1 Å². The molecule has 1 saturated carbocycles. The Morgan fingerprint density at radius 2 is 2.42 bits per heavy atom. The first-order valence-corrected chi connectivity index (χ1v) is 4.62. The summed E-state index contributed by atoms with van der Waals surface area (Å²) in [5, 5.41) is 2.84. The molecule has 0 aromatic heterocycles. The van der Waals surface area contributed by atoms with Gasteiger partial charge in [-0.2, -0.15) is 0 Å². The van der Waals surface area contributed by atoms with E-state index in [2.05, 4.69) is 18.8 Å². The van der Waals surface area contributed by atoms with Crippen LogP contribution < -0.4 is 5.32 Å². The maximum Gasteiger partial charge on any atom is 0.243 e. The van der Waals surface area contributed by atoms with Gasteiger partial charge < -0.3 is 5.32 Å². The molecule has 0 radical (unpaired) electrons. The lowest BCUT2D eigenvalue weighted by molar-refractivity contribution is -0.116. The Kier molecular flexibility index (Phi) is 3.32. The molecule has 1 rings (SSSR count). The van der Waals surface area contributed by atoms with Crippen molar-refractivity contribution in [2.75, 3.05) is 6.54 Å². The minimum atomic E-state index is -0.0467. The number of carbonyl (C=O) groups is 1. The molecular formula is C10H17NO. The fourth-order valence-corrected chi connectivity index (χ4v) is 1.83. The van der Waals surface area contributed by atoms with Gasteiger partial charge in [0.15, 0.2) is 0 Å². The molecule has 2 atom stereocenters. The molecule has 68 valence electrons. The van der Waals surface area contributed by atoms with Gasteiger partial charge in [-0.05, 0) is 30.8 Å². The van der Waals surface area contributed by atoms with E-state index in [-0.39, 0.29) is 5.91 Å². The van der Waals surface area contributed by atoms with E-state index in [1.54, 1.807) is 0 Å². The van der Waals surface area contributed by atoms with E-state index in [1.165, 1.54) is 25.3 Å². The molecule has 1 aliphatic rings. The molecular weight excluding hydrogens is 150 g/mol. The molecule has 1 N–H and O–H groups in total. The van der Waals surface area contributed by atoms with Gasteiger partial charge in [0.05, 0.1) is 0 Å². The number of rotatable bonds is 3. The molecule has 0 heterocycles. The second-order valence-corrected chi connectivity index (χ2v) is 3.73. The van der Waals surface area contributed by atoms with Gasteiger partial charge >= 0.3 is 0 Å². The average Bonchev–Trinajstić information content (AvgIpc) is 2.47.